The Kier molecular flexibility index (Phi) is 6.08. The fourth-order valence-corrected chi connectivity index (χ4v) is 6.47. The van der Waals surface area contributed by atoms with Crippen molar-refractivity contribution in [3.63, 3.8) is 0 Å². The van der Waals surface area contributed by atoms with Gasteiger partial charge in [0.1, 0.15) is 11.9 Å². The van der Waals surface area contributed by atoms with E-state index in [1.807, 2.05) is 24.3 Å². The zero-order valence-corrected chi connectivity index (χ0v) is 20.0. The number of esters is 1. The number of hydrogen-bond donors (Lipinski definition) is 2. The van der Waals surface area contributed by atoms with Crippen molar-refractivity contribution >= 4 is 16.9 Å². The Hall–Kier alpha value is -2.74. The zero-order valence-electron chi connectivity index (χ0n) is 20.0. The molecule has 6 rings (SSSR count). The minimum absolute atomic E-state index is 0.0596. The van der Waals surface area contributed by atoms with Gasteiger partial charge in [-0.2, -0.15) is 0 Å². The maximum atomic E-state index is 15.2. The van der Waals surface area contributed by atoms with E-state index < -0.39 is 6.04 Å². The molecule has 6 nitrogen and oxygen atoms in total. The molecule has 35 heavy (non-hydrogen) atoms. The number of aromatic nitrogens is 1. The molecule has 0 amide bonds. The van der Waals surface area contributed by atoms with Crippen LogP contribution in [0.15, 0.2) is 48.5 Å². The summed E-state index contributed by atoms with van der Waals surface area (Å²) < 4.78 is 26.3. The number of halogens is 1. The lowest BCUT2D eigenvalue weighted by molar-refractivity contribution is -0.152. The highest BCUT2D eigenvalue weighted by molar-refractivity contribution is 5.87. The number of nitrogens with zero attached hydrogens (tertiary/aromatic N) is 1. The van der Waals surface area contributed by atoms with Gasteiger partial charge in [-0.1, -0.05) is 36.4 Å². The van der Waals surface area contributed by atoms with Crippen LogP contribution in [0.5, 0.6) is 0 Å². The summed E-state index contributed by atoms with van der Waals surface area (Å²) in [6.07, 6.45) is 4.49. The van der Waals surface area contributed by atoms with Crippen LogP contribution in [-0.4, -0.2) is 54.3 Å². The average molecular weight is 478 g/mol. The molecular weight excluding hydrogens is 445 g/mol. The molecule has 2 aromatic carbocycles. The lowest BCUT2D eigenvalue weighted by Crippen LogP contribution is -2.56. The van der Waals surface area contributed by atoms with Gasteiger partial charge in [0.15, 0.2) is 0 Å². The van der Waals surface area contributed by atoms with Gasteiger partial charge in [0, 0.05) is 53.8 Å². The molecule has 2 fully saturated rings. The minimum atomic E-state index is -0.472. The molecular formula is C28H32FN3O3. The molecule has 0 spiro atoms. The maximum absolute atomic E-state index is 15.2. The number of rotatable bonds is 5. The van der Waals surface area contributed by atoms with Crippen LogP contribution in [0.25, 0.3) is 10.9 Å². The first-order valence-electron chi connectivity index (χ1n) is 12.7. The fraction of sp³-hybridized carbons (Fsp3) is 0.464. The van der Waals surface area contributed by atoms with E-state index in [2.05, 4.69) is 27.3 Å². The third-order valence-electron chi connectivity index (χ3n) is 8.07. The maximum Gasteiger partial charge on any atom is 0.323 e. The Morgan fingerprint density at radius 2 is 1.97 bits per heavy atom. The number of nitrogens with one attached hydrogen (secondary N) is 2. The van der Waals surface area contributed by atoms with E-state index >= 15 is 4.39 Å². The van der Waals surface area contributed by atoms with Gasteiger partial charge in [-0.25, -0.2) is 4.39 Å². The molecule has 7 heteroatoms. The normalized spacial score (nSPS) is 28.6. The van der Waals surface area contributed by atoms with E-state index in [0.717, 1.165) is 49.0 Å². The van der Waals surface area contributed by atoms with Crippen molar-refractivity contribution in [2.24, 2.45) is 0 Å². The highest BCUT2D eigenvalue weighted by Gasteiger charge is 2.48. The highest BCUT2D eigenvalue weighted by Crippen LogP contribution is 2.49. The van der Waals surface area contributed by atoms with Crippen LogP contribution in [0.4, 0.5) is 4.39 Å². The van der Waals surface area contributed by atoms with Gasteiger partial charge in [0.05, 0.1) is 19.3 Å². The lowest BCUT2D eigenvalue weighted by atomic mass is 9.79. The first-order chi connectivity index (χ1) is 17.1. The van der Waals surface area contributed by atoms with E-state index in [9.17, 15) is 4.79 Å². The molecule has 3 aliphatic heterocycles. The summed E-state index contributed by atoms with van der Waals surface area (Å²) in [5.74, 6) is -0.500. The Morgan fingerprint density at radius 1 is 1.17 bits per heavy atom. The summed E-state index contributed by atoms with van der Waals surface area (Å²) >= 11 is 0. The second-order valence-electron chi connectivity index (χ2n) is 10.0. The first-order valence-corrected chi connectivity index (χ1v) is 12.7. The number of hydrogen-bond acceptors (Lipinski definition) is 5. The Balaban J connectivity index is 1.43. The van der Waals surface area contributed by atoms with Gasteiger partial charge in [0.2, 0.25) is 0 Å². The van der Waals surface area contributed by atoms with E-state index in [-0.39, 0.29) is 36.0 Å². The molecule has 2 N–H and O–H groups in total. The number of ether oxygens (including phenoxy) is 2. The van der Waals surface area contributed by atoms with Gasteiger partial charge in [-0.3, -0.25) is 9.69 Å². The van der Waals surface area contributed by atoms with Crippen molar-refractivity contribution in [1.82, 2.24) is 15.2 Å². The van der Waals surface area contributed by atoms with Crippen molar-refractivity contribution in [3.8, 4) is 0 Å². The van der Waals surface area contributed by atoms with Gasteiger partial charge in [0.25, 0.3) is 0 Å². The standard InChI is InChI=1S/C28H32FN3O3/c1-34-28(33)26-15-21-19-8-3-5-11-23(19)31-27(21)25-14-17(30-16-18-7-6-12-35-18)13-24(32(25)26)20-9-2-4-10-22(20)29/h2-5,8-11,17-18,24-26,30-31H,6-7,12-16H2,1H3/t17-,18+,24-,25+,26-/m0/s1. The van der Waals surface area contributed by atoms with Crippen LogP contribution in [0, 0.1) is 5.82 Å². The van der Waals surface area contributed by atoms with Crippen LogP contribution in [0.2, 0.25) is 0 Å². The SMILES string of the molecule is COC(=O)[C@@H]1Cc2c([nH]c3ccccc23)[C@H]2C[C@@H](NC[C@H]3CCCO3)C[C@@H](c3ccccc3F)N21. The summed E-state index contributed by atoms with van der Waals surface area (Å²) in [5.41, 5.74) is 4.01. The predicted molar refractivity (Wildman–Crippen MR) is 132 cm³/mol. The van der Waals surface area contributed by atoms with Crippen LogP contribution in [0.3, 0.4) is 0 Å². The summed E-state index contributed by atoms with van der Waals surface area (Å²) in [7, 11) is 1.44. The van der Waals surface area contributed by atoms with Crippen molar-refractivity contribution in [1.29, 1.82) is 0 Å². The lowest BCUT2D eigenvalue weighted by Gasteiger charge is -2.50. The summed E-state index contributed by atoms with van der Waals surface area (Å²) in [5, 5.41) is 4.88. The average Bonchev–Trinajstić information content (AvgIpc) is 3.54. The van der Waals surface area contributed by atoms with Crippen molar-refractivity contribution in [2.45, 2.75) is 62.4 Å². The number of para-hydroxylation sites is 1. The number of aromatic amines is 1. The molecule has 5 atom stereocenters. The fourth-order valence-electron chi connectivity index (χ4n) is 6.47. The van der Waals surface area contributed by atoms with Gasteiger partial charge >= 0.3 is 5.97 Å². The number of H-pyrrole nitrogens is 1. The van der Waals surface area contributed by atoms with Crippen LogP contribution in [-0.2, 0) is 20.7 Å². The predicted octanol–water partition coefficient (Wildman–Crippen LogP) is 4.42. The number of methoxy groups -OCH3 is 1. The molecule has 1 aromatic heterocycles. The Bertz CT molecular complexity index is 1220. The molecule has 3 aromatic rings. The zero-order chi connectivity index (χ0) is 23.9. The molecule has 0 aliphatic carbocycles. The van der Waals surface area contributed by atoms with Crippen LogP contribution < -0.4 is 5.32 Å². The van der Waals surface area contributed by atoms with Gasteiger partial charge < -0.3 is 19.8 Å². The Morgan fingerprint density at radius 3 is 2.77 bits per heavy atom. The number of carbonyl (C=O) groups excluding carboxylic acids is 1. The van der Waals surface area contributed by atoms with Crippen molar-refractivity contribution in [3.05, 3.63) is 71.2 Å². The van der Waals surface area contributed by atoms with Crippen LogP contribution >= 0.6 is 0 Å². The number of benzene rings is 2. The van der Waals surface area contributed by atoms with Crippen LogP contribution in [0.1, 0.15) is 54.6 Å². The van der Waals surface area contributed by atoms with E-state index in [0.29, 0.717) is 18.4 Å². The highest BCUT2D eigenvalue weighted by atomic mass is 19.1. The third-order valence-corrected chi connectivity index (χ3v) is 8.07. The minimum Gasteiger partial charge on any atom is -0.468 e. The third kappa shape index (κ3) is 4.05. The molecule has 4 heterocycles. The smallest absolute Gasteiger partial charge is 0.323 e. The molecule has 0 saturated carbocycles. The van der Waals surface area contributed by atoms with Gasteiger partial charge in [-0.05, 0) is 43.4 Å². The largest absolute Gasteiger partial charge is 0.468 e. The molecule has 3 aliphatic rings. The first kappa shape index (κ1) is 22.7. The quantitative estimate of drug-likeness (QED) is 0.533. The second-order valence-corrected chi connectivity index (χ2v) is 10.0. The summed E-state index contributed by atoms with van der Waals surface area (Å²) in [6, 6.07) is 14.6. The molecule has 0 unspecified atom stereocenters. The van der Waals surface area contributed by atoms with E-state index in [4.69, 9.17) is 9.47 Å². The molecule has 0 radical (unpaired) electrons. The molecule has 2 saturated heterocycles. The van der Waals surface area contributed by atoms with E-state index in [1.54, 1.807) is 6.07 Å². The van der Waals surface area contributed by atoms with Gasteiger partial charge in [-0.15, -0.1) is 0 Å². The second kappa shape index (κ2) is 9.37. The number of carbonyl (C=O) groups is 1. The Labute approximate surface area is 204 Å². The summed E-state index contributed by atoms with van der Waals surface area (Å²) in [6.45, 7) is 1.62. The number of fused-ring (bicyclic) bond motifs is 5. The summed E-state index contributed by atoms with van der Waals surface area (Å²) in [4.78, 5) is 19.0. The van der Waals surface area contributed by atoms with E-state index in [1.165, 1.54) is 18.7 Å². The monoisotopic (exact) mass is 477 g/mol. The van der Waals surface area contributed by atoms with Crippen molar-refractivity contribution < 1.29 is 18.7 Å². The topological polar surface area (TPSA) is 66.6 Å². The number of piperidine rings is 1. The molecule has 184 valence electrons. The molecule has 0 bridgehead atoms. The van der Waals surface area contributed by atoms with Crippen molar-refractivity contribution in [2.75, 3.05) is 20.3 Å².